The van der Waals surface area contributed by atoms with Gasteiger partial charge in [0, 0.05) is 28.5 Å². The van der Waals surface area contributed by atoms with Crippen LogP contribution < -0.4 is 0 Å². The zero-order chi connectivity index (χ0) is 10.8. The van der Waals surface area contributed by atoms with Gasteiger partial charge in [-0.15, -0.1) is 11.3 Å². The minimum Gasteiger partial charge on any atom is -0.381 e. The first-order valence-corrected chi connectivity index (χ1v) is 6.67. The van der Waals surface area contributed by atoms with Crippen LogP contribution in [0, 0.1) is 12.8 Å². The van der Waals surface area contributed by atoms with Crippen molar-refractivity contribution in [3.05, 3.63) is 20.3 Å². The van der Waals surface area contributed by atoms with Crippen molar-refractivity contribution < 1.29 is 9.53 Å². The summed E-state index contributed by atoms with van der Waals surface area (Å²) in [6, 6.07) is 2.01. The summed E-state index contributed by atoms with van der Waals surface area (Å²) in [6.45, 7) is 3.47. The van der Waals surface area contributed by atoms with Crippen molar-refractivity contribution in [1.82, 2.24) is 0 Å². The molecule has 1 fully saturated rings. The van der Waals surface area contributed by atoms with Crippen LogP contribution in [0.5, 0.6) is 0 Å². The van der Waals surface area contributed by atoms with Gasteiger partial charge in [0.25, 0.3) is 0 Å². The molecule has 0 bridgehead atoms. The Labute approximate surface area is 102 Å². The van der Waals surface area contributed by atoms with Gasteiger partial charge in [-0.3, -0.25) is 4.79 Å². The van der Waals surface area contributed by atoms with Crippen molar-refractivity contribution in [3.63, 3.8) is 0 Å². The highest BCUT2D eigenvalue weighted by Crippen LogP contribution is 2.31. The molecule has 0 spiro atoms. The highest BCUT2D eigenvalue weighted by molar-refractivity contribution is 9.10. The number of halogens is 1. The lowest BCUT2D eigenvalue weighted by Crippen LogP contribution is -2.23. The maximum Gasteiger partial charge on any atom is 0.177 e. The van der Waals surface area contributed by atoms with Gasteiger partial charge in [-0.05, 0) is 41.8 Å². The SMILES string of the molecule is Cc1cc(Br)c(C(=O)C2CCOCC2)s1. The van der Waals surface area contributed by atoms with Crippen LogP contribution in [-0.4, -0.2) is 19.0 Å². The summed E-state index contributed by atoms with van der Waals surface area (Å²) < 4.78 is 6.21. The van der Waals surface area contributed by atoms with Crippen molar-refractivity contribution in [2.24, 2.45) is 5.92 Å². The average Bonchev–Trinajstić information content (AvgIpc) is 2.58. The second-order valence-electron chi connectivity index (χ2n) is 3.79. The molecule has 0 saturated carbocycles. The molecule has 0 amide bonds. The predicted molar refractivity (Wildman–Crippen MR) is 64.6 cm³/mol. The first-order chi connectivity index (χ1) is 7.18. The third kappa shape index (κ3) is 2.49. The molecule has 0 aromatic carbocycles. The van der Waals surface area contributed by atoms with E-state index in [-0.39, 0.29) is 11.7 Å². The molecule has 1 aromatic heterocycles. The van der Waals surface area contributed by atoms with E-state index in [1.807, 2.05) is 13.0 Å². The molecule has 82 valence electrons. The molecule has 15 heavy (non-hydrogen) atoms. The van der Waals surface area contributed by atoms with Gasteiger partial charge in [0.2, 0.25) is 0 Å². The number of ether oxygens (including phenoxy) is 1. The number of thiophene rings is 1. The summed E-state index contributed by atoms with van der Waals surface area (Å²) in [5.41, 5.74) is 0. The third-order valence-electron chi connectivity index (χ3n) is 2.63. The molecular weight excluding hydrogens is 276 g/mol. The van der Waals surface area contributed by atoms with E-state index in [0.29, 0.717) is 0 Å². The quantitative estimate of drug-likeness (QED) is 0.780. The molecule has 1 saturated heterocycles. The van der Waals surface area contributed by atoms with E-state index in [1.54, 1.807) is 11.3 Å². The zero-order valence-corrected chi connectivity index (χ0v) is 11.0. The Morgan fingerprint density at radius 3 is 2.73 bits per heavy atom. The molecule has 2 nitrogen and oxygen atoms in total. The zero-order valence-electron chi connectivity index (χ0n) is 8.59. The largest absolute Gasteiger partial charge is 0.381 e. The van der Waals surface area contributed by atoms with Crippen molar-refractivity contribution >= 4 is 33.0 Å². The molecule has 0 atom stereocenters. The fraction of sp³-hybridized carbons (Fsp3) is 0.545. The smallest absolute Gasteiger partial charge is 0.177 e. The van der Waals surface area contributed by atoms with Gasteiger partial charge in [0.05, 0.1) is 4.88 Å². The second kappa shape index (κ2) is 4.76. The first-order valence-electron chi connectivity index (χ1n) is 5.06. The summed E-state index contributed by atoms with van der Waals surface area (Å²) in [5, 5.41) is 0. The van der Waals surface area contributed by atoms with Crippen LogP contribution in [0.3, 0.4) is 0 Å². The van der Waals surface area contributed by atoms with Crippen molar-refractivity contribution in [2.75, 3.05) is 13.2 Å². The lowest BCUT2D eigenvalue weighted by Gasteiger charge is -2.20. The number of carbonyl (C=O) groups is 1. The molecule has 1 aliphatic rings. The number of hydrogen-bond acceptors (Lipinski definition) is 3. The number of hydrogen-bond donors (Lipinski definition) is 0. The minimum absolute atomic E-state index is 0.160. The fourth-order valence-corrected chi connectivity index (χ4v) is 3.65. The first kappa shape index (κ1) is 11.3. The normalized spacial score (nSPS) is 18.0. The summed E-state index contributed by atoms with van der Waals surface area (Å²) in [4.78, 5) is 14.2. The Bertz CT molecular complexity index is 367. The van der Waals surface area contributed by atoms with Gasteiger partial charge < -0.3 is 4.74 Å². The molecular formula is C11H13BrO2S. The van der Waals surface area contributed by atoms with Crippen molar-refractivity contribution in [2.45, 2.75) is 19.8 Å². The van der Waals surface area contributed by atoms with Crippen LogP contribution in [-0.2, 0) is 4.74 Å². The lowest BCUT2D eigenvalue weighted by atomic mass is 9.94. The standard InChI is InChI=1S/C11H13BrO2S/c1-7-6-9(12)11(15-7)10(13)8-2-4-14-5-3-8/h6,8H,2-5H2,1H3. The monoisotopic (exact) mass is 288 g/mol. The van der Waals surface area contributed by atoms with Crippen LogP contribution in [0.2, 0.25) is 0 Å². The maximum absolute atomic E-state index is 12.2. The van der Waals surface area contributed by atoms with Crippen LogP contribution in [0.15, 0.2) is 10.5 Å². The highest BCUT2D eigenvalue weighted by Gasteiger charge is 2.25. The number of carbonyl (C=O) groups excluding carboxylic acids is 1. The summed E-state index contributed by atoms with van der Waals surface area (Å²) in [6.07, 6.45) is 1.73. The van der Waals surface area contributed by atoms with Crippen LogP contribution in [0.1, 0.15) is 27.4 Å². The van der Waals surface area contributed by atoms with Gasteiger partial charge in [0.15, 0.2) is 5.78 Å². The van der Waals surface area contributed by atoms with E-state index < -0.39 is 0 Å². The Morgan fingerprint density at radius 2 is 2.20 bits per heavy atom. The van der Waals surface area contributed by atoms with Crippen LogP contribution in [0.25, 0.3) is 0 Å². The molecule has 0 N–H and O–H groups in total. The third-order valence-corrected chi connectivity index (χ3v) is 4.58. The molecule has 2 heterocycles. The van der Waals surface area contributed by atoms with Gasteiger partial charge in [-0.1, -0.05) is 0 Å². The van der Waals surface area contributed by atoms with E-state index in [2.05, 4.69) is 15.9 Å². The molecule has 2 rings (SSSR count). The summed E-state index contributed by atoms with van der Waals surface area (Å²) in [5.74, 6) is 0.441. The van der Waals surface area contributed by atoms with E-state index >= 15 is 0 Å². The molecule has 0 radical (unpaired) electrons. The number of rotatable bonds is 2. The van der Waals surface area contributed by atoms with Crippen LogP contribution in [0.4, 0.5) is 0 Å². The minimum atomic E-state index is 0.160. The summed E-state index contributed by atoms with van der Waals surface area (Å²) >= 11 is 5.02. The van der Waals surface area contributed by atoms with Gasteiger partial charge >= 0.3 is 0 Å². The van der Waals surface area contributed by atoms with E-state index in [4.69, 9.17) is 4.74 Å². The summed E-state index contributed by atoms with van der Waals surface area (Å²) in [7, 11) is 0. The maximum atomic E-state index is 12.2. The Hall–Kier alpha value is -0.190. The second-order valence-corrected chi connectivity index (χ2v) is 5.90. The van der Waals surface area contributed by atoms with Crippen molar-refractivity contribution in [1.29, 1.82) is 0 Å². The highest BCUT2D eigenvalue weighted by atomic mass is 79.9. The predicted octanol–water partition coefficient (Wildman–Crippen LogP) is 3.43. The molecule has 0 unspecified atom stereocenters. The Morgan fingerprint density at radius 1 is 1.53 bits per heavy atom. The molecule has 0 aliphatic carbocycles. The number of aryl methyl sites for hydroxylation is 1. The molecule has 4 heteroatoms. The molecule has 1 aromatic rings. The average molecular weight is 289 g/mol. The Balaban J connectivity index is 2.16. The fourth-order valence-electron chi connectivity index (χ4n) is 1.80. The van der Waals surface area contributed by atoms with E-state index in [9.17, 15) is 4.79 Å². The Kier molecular flexibility index (Phi) is 3.59. The van der Waals surface area contributed by atoms with Crippen LogP contribution >= 0.6 is 27.3 Å². The topological polar surface area (TPSA) is 26.3 Å². The van der Waals surface area contributed by atoms with Gasteiger partial charge in [-0.25, -0.2) is 0 Å². The molecule has 1 aliphatic heterocycles. The van der Waals surface area contributed by atoms with E-state index in [0.717, 1.165) is 35.4 Å². The van der Waals surface area contributed by atoms with Crippen molar-refractivity contribution in [3.8, 4) is 0 Å². The van der Waals surface area contributed by atoms with Gasteiger partial charge in [0.1, 0.15) is 0 Å². The lowest BCUT2D eigenvalue weighted by molar-refractivity contribution is 0.0547. The number of ketones is 1. The van der Waals surface area contributed by atoms with Gasteiger partial charge in [-0.2, -0.15) is 0 Å². The number of Topliss-reactive ketones (excluding diaryl/α,β-unsaturated/α-hetero) is 1. The van der Waals surface area contributed by atoms with E-state index in [1.165, 1.54) is 4.88 Å².